The number of hydrogen-bond donors (Lipinski definition) is 1. The third-order valence-electron chi connectivity index (χ3n) is 2.29. The molecule has 1 aromatic rings. The second kappa shape index (κ2) is 6.55. The normalized spacial score (nSPS) is 11.1. The molecule has 0 amide bonds. The maximum absolute atomic E-state index is 12.8. The van der Waals surface area contributed by atoms with Crippen LogP contribution in [0.5, 0.6) is 0 Å². The predicted octanol–water partition coefficient (Wildman–Crippen LogP) is 3.74. The van der Waals surface area contributed by atoms with Crippen LogP contribution in [0.15, 0.2) is 18.2 Å². The molecule has 0 saturated carbocycles. The van der Waals surface area contributed by atoms with Crippen molar-refractivity contribution in [2.75, 3.05) is 23.9 Å². The molecule has 0 unspecified atom stereocenters. The van der Waals surface area contributed by atoms with Crippen molar-refractivity contribution < 1.29 is 13.2 Å². The number of nitriles is 1. The fourth-order valence-electron chi connectivity index (χ4n) is 1.44. The largest absolute Gasteiger partial charge is 0.418 e. The molecule has 98 valence electrons. The van der Waals surface area contributed by atoms with E-state index in [-0.39, 0.29) is 11.3 Å². The Balaban J connectivity index is 2.87. The van der Waals surface area contributed by atoms with E-state index >= 15 is 0 Å². The smallest absolute Gasteiger partial charge is 0.385 e. The maximum Gasteiger partial charge on any atom is 0.418 e. The third-order valence-corrected chi connectivity index (χ3v) is 2.99. The summed E-state index contributed by atoms with van der Waals surface area (Å²) < 4.78 is 38.4. The van der Waals surface area contributed by atoms with Crippen molar-refractivity contribution in [2.45, 2.75) is 12.6 Å². The summed E-state index contributed by atoms with van der Waals surface area (Å²) in [5, 5.41) is 11.4. The Morgan fingerprint density at radius 3 is 2.67 bits per heavy atom. The van der Waals surface area contributed by atoms with E-state index < -0.39 is 11.7 Å². The zero-order valence-corrected chi connectivity index (χ0v) is 10.7. The first-order valence-corrected chi connectivity index (χ1v) is 6.72. The monoisotopic (exact) mass is 274 g/mol. The highest BCUT2D eigenvalue weighted by atomic mass is 32.2. The highest BCUT2D eigenvalue weighted by Crippen LogP contribution is 2.35. The van der Waals surface area contributed by atoms with Crippen LogP contribution >= 0.6 is 11.8 Å². The van der Waals surface area contributed by atoms with Crippen molar-refractivity contribution >= 4 is 17.4 Å². The van der Waals surface area contributed by atoms with E-state index in [2.05, 4.69) is 5.32 Å². The van der Waals surface area contributed by atoms with Crippen molar-refractivity contribution in [3.05, 3.63) is 29.3 Å². The maximum atomic E-state index is 12.8. The van der Waals surface area contributed by atoms with Crippen molar-refractivity contribution in [1.82, 2.24) is 0 Å². The minimum atomic E-state index is -4.45. The zero-order chi connectivity index (χ0) is 13.6. The molecule has 0 atom stereocenters. The van der Waals surface area contributed by atoms with Crippen molar-refractivity contribution in [2.24, 2.45) is 0 Å². The van der Waals surface area contributed by atoms with Crippen LogP contribution in [-0.4, -0.2) is 18.6 Å². The summed E-state index contributed by atoms with van der Waals surface area (Å²) in [7, 11) is 0. The Hall–Kier alpha value is -1.35. The first-order valence-electron chi connectivity index (χ1n) is 5.33. The number of halogens is 3. The average molecular weight is 274 g/mol. The van der Waals surface area contributed by atoms with E-state index in [0.29, 0.717) is 6.54 Å². The van der Waals surface area contributed by atoms with Crippen LogP contribution in [0.3, 0.4) is 0 Å². The SMILES string of the molecule is CSCCCNc1ccc(C#N)cc1C(F)(F)F. The second-order valence-electron chi connectivity index (χ2n) is 3.64. The quantitative estimate of drug-likeness (QED) is 0.831. The predicted molar refractivity (Wildman–Crippen MR) is 67.6 cm³/mol. The van der Waals surface area contributed by atoms with Crippen LogP contribution in [0.2, 0.25) is 0 Å². The minimum absolute atomic E-state index is 0.0111. The van der Waals surface area contributed by atoms with Gasteiger partial charge in [-0.25, -0.2) is 0 Å². The first kappa shape index (κ1) is 14.7. The molecule has 0 aliphatic carbocycles. The number of nitrogens with one attached hydrogen (secondary N) is 1. The third kappa shape index (κ3) is 4.15. The number of hydrogen-bond acceptors (Lipinski definition) is 3. The lowest BCUT2D eigenvalue weighted by molar-refractivity contribution is -0.137. The zero-order valence-electron chi connectivity index (χ0n) is 9.84. The molecule has 0 heterocycles. The number of thioether (sulfide) groups is 1. The Morgan fingerprint density at radius 2 is 2.11 bits per heavy atom. The van der Waals surface area contributed by atoms with Gasteiger partial charge in [0.15, 0.2) is 0 Å². The second-order valence-corrected chi connectivity index (χ2v) is 4.63. The molecule has 0 saturated heterocycles. The van der Waals surface area contributed by atoms with E-state index in [9.17, 15) is 13.2 Å². The summed E-state index contributed by atoms with van der Waals surface area (Å²) >= 11 is 1.65. The summed E-state index contributed by atoms with van der Waals surface area (Å²) in [4.78, 5) is 0. The summed E-state index contributed by atoms with van der Waals surface area (Å²) in [5.41, 5.74) is -0.745. The highest BCUT2D eigenvalue weighted by Gasteiger charge is 2.33. The van der Waals surface area contributed by atoms with Gasteiger partial charge in [0, 0.05) is 12.2 Å². The molecule has 1 N–H and O–H groups in total. The molecule has 2 nitrogen and oxygen atoms in total. The van der Waals surface area contributed by atoms with Crippen LogP contribution in [0.4, 0.5) is 18.9 Å². The van der Waals surface area contributed by atoms with Crippen LogP contribution < -0.4 is 5.32 Å². The number of rotatable bonds is 5. The van der Waals surface area contributed by atoms with Gasteiger partial charge in [-0.3, -0.25) is 0 Å². The lowest BCUT2D eigenvalue weighted by Gasteiger charge is -2.14. The van der Waals surface area contributed by atoms with Crippen LogP contribution in [0.1, 0.15) is 17.5 Å². The van der Waals surface area contributed by atoms with Crippen LogP contribution in [-0.2, 0) is 6.18 Å². The van der Waals surface area contributed by atoms with Gasteiger partial charge >= 0.3 is 6.18 Å². The van der Waals surface area contributed by atoms with E-state index in [0.717, 1.165) is 18.2 Å². The molecule has 0 aliphatic rings. The molecular formula is C12H13F3N2S. The highest BCUT2D eigenvalue weighted by molar-refractivity contribution is 7.98. The molecule has 0 bridgehead atoms. The summed E-state index contributed by atoms with van der Waals surface area (Å²) in [6.45, 7) is 0.482. The fraction of sp³-hybridized carbons (Fsp3) is 0.417. The Bertz CT molecular complexity index is 438. The van der Waals surface area contributed by atoms with Crippen molar-refractivity contribution in [3.63, 3.8) is 0 Å². The molecule has 6 heteroatoms. The molecule has 0 spiro atoms. The fourth-order valence-corrected chi connectivity index (χ4v) is 1.88. The van der Waals surface area contributed by atoms with Crippen LogP contribution in [0.25, 0.3) is 0 Å². The molecule has 0 radical (unpaired) electrons. The summed E-state index contributed by atoms with van der Waals surface area (Å²) in [5.74, 6) is 0.893. The van der Waals surface area contributed by atoms with Crippen LogP contribution in [0, 0.1) is 11.3 Å². The van der Waals surface area contributed by atoms with Crippen molar-refractivity contribution in [1.29, 1.82) is 5.26 Å². The topological polar surface area (TPSA) is 35.8 Å². The Kier molecular flexibility index (Phi) is 5.35. The van der Waals surface area contributed by atoms with E-state index in [1.807, 2.05) is 6.26 Å². The molecular weight excluding hydrogens is 261 g/mol. The number of nitrogens with zero attached hydrogens (tertiary/aromatic N) is 1. The molecule has 18 heavy (non-hydrogen) atoms. The Labute approximate surface area is 108 Å². The Morgan fingerprint density at radius 1 is 1.39 bits per heavy atom. The number of alkyl halides is 3. The first-order chi connectivity index (χ1) is 8.49. The van der Waals surface area contributed by atoms with Gasteiger partial charge in [-0.2, -0.15) is 30.2 Å². The molecule has 0 aromatic heterocycles. The standard InChI is InChI=1S/C12H13F3N2S/c1-18-6-2-5-17-11-4-3-9(8-16)7-10(11)12(13,14)15/h3-4,7,17H,2,5-6H2,1H3. The molecule has 1 aromatic carbocycles. The lowest BCUT2D eigenvalue weighted by Crippen LogP contribution is -2.12. The molecule has 0 fully saturated rings. The average Bonchev–Trinajstić information content (AvgIpc) is 2.33. The van der Waals surface area contributed by atoms with E-state index in [1.54, 1.807) is 17.8 Å². The van der Waals surface area contributed by atoms with Gasteiger partial charge in [0.2, 0.25) is 0 Å². The number of benzene rings is 1. The van der Waals surface area contributed by atoms with Gasteiger partial charge in [-0.1, -0.05) is 0 Å². The van der Waals surface area contributed by atoms with E-state index in [4.69, 9.17) is 5.26 Å². The number of anilines is 1. The van der Waals surface area contributed by atoms with Gasteiger partial charge in [-0.05, 0) is 36.6 Å². The van der Waals surface area contributed by atoms with Gasteiger partial charge in [0.05, 0.1) is 17.2 Å². The van der Waals surface area contributed by atoms with E-state index in [1.165, 1.54) is 12.1 Å². The van der Waals surface area contributed by atoms with Gasteiger partial charge in [0.1, 0.15) is 0 Å². The van der Waals surface area contributed by atoms with Crippen molar-refractivity contribution in [3.8, 4) is 6.07 Å². The van der Waals surface area contributed by atoms with Gasteiger partial charge in [0.25, 0.3) is 0 Å². The molecule has 0 aliphatic heterocycles. The van der Waals surface area contributed by atoms with Gasteiger partial charge < -0.3 is 5.32 Å². The lowest BCUT2D eigenvalue weighted by atomic mass is 10.1. The van der Waals surface area contributed by atoms with Gasteiger partial charge in [-0.15, -0.1) is 0 Å². The summed E-state index contributed by atoms with van der Waals surface area (Å²) in [6, 6.07) is 5.27. The minimum Gasteiger partial charge on any atom is -0.385 e. The molecule has 1 rings (SSSR count). The summed E-state index contributed by atoms with van der Waals surface area (Å²) in [6.07, 6.45) is -1.71.